The van der Waals surface area contributed by atoms with Gasteiger partial charge < -0.3 is 13.7 Å². The quantitative estimate of drug-likeness (QED) is 0.160. The Labute approximate surface area is 515 Å². The van der Waals surface area contributed by atoms with Crippen molar-refractivity contribution >= 4 is 109 Å². The summed E-state index contributed by atoms with van der Waals surface area (Å²) < 4.78 is 11.8. The van der Waals surface area contributed by atoms with Crippen LogP contribution in [-0.4, -0.2) is 37.8 Å². The summed E-state index contributed by atoms with van der Waals surface area (Å²) >= 11 is 0. The van der Waals surface area contributed by atoms with Gasteiger partial charge in [-0.15, -0.1) is 0 Å². The third kappa shape index (κ3) is 6.92. The molecule has 0 atom stereocenters. The van der Waals surface area contributed by atoms with E-state index in [0.29, 0.717) is 17.7 Å². The topological polar surface area (TPSA) is 63.3 Å². The molecule has 0 radical (unpaired) electrons. The smallest absolute Gasteiger partial charge is 0.240 e. The second-order valence-corrected chi connectivity index (χ2v) is 23.9. The summed E-state index contributed by atoms with van der Waals surface area (Å²) in [5.74, 6) is 1.66. The molecule has 19 aromatic rings. The zero-order valence-electron chi connectivity index (χ0n) is 48.4. The highest BCUT2D eigenvalue weighted by atomic mass is 15.3. The number of nitrogens with zero attached hydrogens (tertiary/aromatic N) is 8. The minimum atomic E-state index is 0.0513. The number of hydrogen-bond donors (Lipinski definition) is 0. The van der Waals surface area contributed by atoms with Crippen LogP contribution in [0.4, 0.5) is 0 Å². The molecule has 8 heteroatoms. The molecular weight excluding hydrogens is 1100 g/mol. The van der Waals surface area contributed by atoms with E-state index in [2.05, 4.69) is 314 Å². The van der Waals surface area contributed by atoms with Crippen LogP contribution in [0.5, 0.6) is 0 Å². The normalized spacial score (nSPS) is 12.6. The van der Waals surface area contributed by atoms with Crippen molar-refractivity contribution < 1.29 is 0 Å². The van der Waals surface area contributed by atoms with Gasteiger partial charge in [0.1, 0.15) is 0 Å². The molecule has 1 aliphatic carbocycles. The van der Waals surface area contributed by atoms with E-state index in [4.69, 9.17) is 15.0 Å². The highest BCUT2D eigenvalue weighted by Crippen LogP contribution is 2.49. The molecule has 418 valence electrons. The monoisotopic (exact) mass is 1150 g/mol. The number of hydrogen-bond acceptors (Lipinski definition) is 3. The Morgan fingerprint density at radius 1 is 0.222 bits per heavy atom. The summed E-state index contributed by atoms with van der Waals surface area (Å²) in [6.45, 7) is 0. The maximum atomic E-state index is 5.75. The van der Waals surface area contributed by atoms with E-state index >= 15 is 0 Å². The molecule has 0 amide bonds. The first-order chi connectivity index (χ1) is 44.7. The van der Waals surface area contributed by atoms with Crippen LogP contribution in [0.1, 0.15) is 22.6 Å². The summed E-state index contributed by atoms with van der Waals surface area (Å²) in [6, 6.07) is 108. The van der Waals surface area contributed by atoms with Gasteiger partial charge in [0.2, 0.25) is 11.9 Å². The van der Waals surface area contributed by atoms with E-state index in [0.717, 1.165) is 99.3 Å². The number of aromatic nitrogens is 8. The van der Waals surface area contributed by atoms with Gasteiger partial charge in [-0.1, -0.05) is 194 Å². The standard InChI is InChI=1S/C82H50N8/c1-2-20-50(21-3-1)80-83-81(89-75-42-38-51(79-63-30-6-4-22-55(63)56-23-5-7-31-64(56)79)46-65(75)66-47-52(39-43-76(66)89)86-69-32-14-8-24-57(69)58-25-9-15-33-70(58)86)85-82(84-80)90-77-44-40-53(87-71-34-16-10-26-59(71)60-27-11-17-35-72(60)87)48-67(77)68-49-54(41-45-78(68)90)88-73-36-18-12-28-61(73)62-29-13-19-37-74(62)88/h1-49,79H. The molecule has 0 saturated heterocycles. The maximum Gasteiger partial charge on any atom is 0.240 e. The second kappa shape index (κ2) is 18.7. The highest BCUT2D eigenvalue weighted by Gasteiger charge is 2.31. The molecule has 0 fully saturated rings. The first-order valence-corrected chi connectivity index (χ1v) is 30.8. The van der Waals surface area contributed by atoms with Crippen LogP contribution < -0.4 is 0 Å². The first-order valence-electron chi connectivity index (χ1n) is 30.8. The van der Waals surface area contributed by atoms with Gasteiger partial charge in [0, 0.05) is 82.4 Å². The van der Waals surface area contributed by atoms with Gasteiger partial charge in [0.05, 0.1) is 55.2 Å². The minimum absolute atomic E-state index is 0.0513. The summed E-state index contributed by atoms with van der Waals surface area (Å²) in [7, 11) is 0. The number of para-hydroxylation sites is 6. The van der Waals surface area contributed by atoms with Gasteiger partial charge in [-0.2, -0.15) is 15.0 Å². The van der Waals surface area contributed by atoms with E-state index in [9.17, 15) is 0 Å². The van der Waals surface area contributed by atoms with Crippen molar-refractivity contribution in [2.24, 2.45) is 0 Å². The van der Waals surface area contributed by atoms with E-state index < -0.39 is 0 Å². The average molecular weight is 1150 g/mol. The molecule has 0 bridgehead atoms. The largest absolute Gasteiger partial charge is 0.309 e. The second-order valence-electron chi connectivity index (χ2n) is 23.9. The lowest BCUT2D eigenvalue weighted by Gasteiger charge is -2.15. The molecule has 0 unspecified atom stereocenters. The molecule has 8 nitrogen and oxygen atoms in total. The summed E-state index contributed by atoms with van der Waals surface area (Å²) in [6.07, 6.45) is 0. The van der Waals surface area contributed by atoms with Crippen molar-refractivity contribution in [3.05, 3.63) is 314 Å². The van der Waals surface area contributed by atoms with Crippen LogP contribution in [0, 0.1) is 0 Å². The molecule has 13 aromatic carbocycles. The average Bonchev–Trinajstić information content (AvgIpc) is 1.61. The van der Waals surface area contributed by atoms with Crippen LogP contribution in [0.2, 0.25) is 0 Å². The van der Waals surface area contributed by atoms with E-state index in [1.165, 1.54) is 60.1 Å². The van der Waals surface area contributed by atoms with Crippen molar-refractivity contribution in [2.75, 3.05) is 0 Å². The summed E-state index contributed by atoms with van der Waals surface area (Å²) in [5.41, 5.74) is 21.4. The lowest BCUT2D eigenvalue weighted by molar-refractivity contribution is 0.892. The fourth-order valence-electron chi connectivity index (χ4n) is 15.4. The number of fused-ring (bicyclic) bond motifs is 18. The van der Waals surface area contributed by atoms with E-state index in [-0.39, 0.29) is 5.92 Å². The molecule has 0 aliphatic heterocycles. The van der Waals surface area contributed by atoms with Crippen molar-refractivity contribution in [3.63, 3.8) is 0 Å². The zero-order valence-corrected chi connectivity index (χ0v) is 48.4. The van der Waals surface area contributed by atoms with Gasteiger partial charge in [-0.3, -0.25) is 9.13 Å². The predicted octanol–water partition coefficient (Wildman–Crippen LogP) is 20.2. The third-order valence-corrected chi connectivity index (χ3v) is 19.2. The Balaban J connectivity index is 0.861. The van der Waals surface area contributed by atoms with Crippen molar-refractivity contribution in [3.8, 4) is 51.5 Å². The lowest BCUT2D eigenvalue weighted by atomic mass is 9.88. The minimum Gasteiger partial charge on any atom is -0.309 e. The molecule has 6 heterocycles. The SMILES string of the molecule is c1ccc(-c2nc(-n3c4ccc(C5c6ccccc6-c6ccccc65)cc4c4cc(-n5c6ccccc6c6ccccc65)ccc43)nc(-n3c4ccc(-n5c6ccccc6c6ccccc65)cc4c4cc(-n5c6ccccc6c6ccccc65)ccc43)n2)cc1. The molecule has 6 aromatic heterocycles. The van der Waals surface area contributed by atoms with Gasteiger partial charge in [-0.05, 0) is 131 Å². The van der Waals surface area contributed by atoms with Crippen LogP contribution in [0.25, 0.3) is 161 Å². The lowest BCUT2D eigenvalue weighted by Crippen LogP contribution is -2.10. The Morgan fingerprint density at radius 3 is 0.900 bits per heavy atom. The van der Waals surface area contributed by atoms with Gasteiger partial charge >= 0.3 is 0 Å². The fraction of sp³-hybridized carbons (Fsp3) is 0.0122. The predicted molar refractivity (Wildman–Crippen MR) is 370 cm³/mol. The van der Waals surface area contributed by atoms with Gasteiger partial charge in [-0.25, -0.2) is 0 Å². The first kappa shape index (κ1) is 49.0. The molecule has 1 aliphatic rings. The van der Waals surface area contributed by atoms with Crippen LogP contribution in [-0.2, 0) is 0 Å². The number of benzene rings is 13. The maximum absolute atomic E-state index is 5.75. The molecule has 0 N–H and O–H groups in total. The van der Waals surface area contributed by atoms with E-state index in [1.54, 1.807) is 0 Å². The van der Waals surface area contributed by atoms with Crippen molar-refractivity contribution in [1.29, 1.82) is 0 Å². The van der Waals surface area contributed by atoms with Crippen molar-refractivity contribution in [1.82, 2.24) is 37.8 Å². The molecule has 90 heavy (non-hydrogen) atoms. The van der Waals surface area contributed by atoms with E-state index in [1.807, 2.05) is 6.07 Å². The van der Waals surface area contributed by atoms with Gasteiger partial charge in [0.15, 0.2) is 5.82 Å². The molecule has 20 rings (SSSR count). The van der Waals surface area contributed by atoms with Gasteiger partial charge in [0.25, 0.3) is 0 Å². The molecule has 0 saturated carbocycles. The Hall–Kier alpha value is -12.1. The van der Waals surface area contributed by atoms with Crippen LogP contribution >= 0.6 is 0 Å². The Bertz CT molecular complexity index is 5870. The van der Waals surface area contributed by atoms with Crippen LogP contribution in [0.15, 0.2) is 297 Å². The number of rotatable bonds is 7. The Morgan fingerprint density at radius 2 is 0.522 bits per heavy atom. The highest BCUT2D eigenvalue weighted by molar-refractivity contribution is 6.15. The fourth-order valence-corrected chi connectivity index (χ4v) is 15.4. The van der Waals surface area contributed by atoms with Crippen molar-refractivity contribution in [2.45, 2.75) is 5.92 Å². The zero-order chi connectivity index (χ0) is 58.7. The summed E-state index contributed by atoms with van der Waals surface area (Å²) in [5, 5.41) is 11.7. The molecular formula is C82H50N8. The Kier molecular flexibility index (Phi) is 10.2. The summed E-state index contributed by atoms with van der Waals surface area (Å²) in [4.78, 5) is 16.9. The molecule has 0 spiro atoms. The third-order valence-electron chi connectivity index (χ3n) is 19.2. The van der Waals surface area contributed by atoms with Crippen LogP contribution in [0.3, 0.4) is 0 Å².